The Balaban J connectivity index is 1.83. The molecule has 19 heavy (non-hydrogen) atoms. The average molecular weight is 260 g/mol. The third-order valence-electron chi connectivity index (χ3n) is 4.90. The molecule has 3 rings (SSSR count). The SMILES string of the molecule is CCOc1ccc(C2(C(=O)O)CC3(CCC3)C2)cc1. The molecule has 1 aromatic carbocycles. The number of carbonyl (C=O) groups is 1. The van der Waals surface area contributed by atoms with Gasteiger partial charge in [-0.1, -0.05) is 18.6 Å². The molecule has 0 atom stereocenters. The number of hydrogen-bond acceptors (Lipinski definition) is 2. The van der Waals surface area contributed by atoms with Gasteiger partial charge in [0.05, 0.1) is 12.0 Å². The zero-order valence-electron chi connectivity index (χ0n) is 11.3. The summed E-state index contributed by atoms with van der Waals surface area (Å²) in [5, 5.41) is 9.63. The Kier molecular flexibility index (Phi) is 2.80. The topological polar surface area (TPSA) is 46.5 Å². The predicted octanol–water partition coefficient (Wildman–Crippen LogP) is 3.37. The van der Waals surface area contributed by atoms with Gasteiger partial charge >= 0.3 is 5.97 Å². The molecule has 0 saturated heterocycles. The molecule has 1 N–H and O–H groups in total. The van der Waals surface area contributed by atoms with Crippen molar-refractivity contribution in [1.29, 1.82) is 0 Å². The van der Waals surface area contributed by atoms with Crippen LogP contribution in [0.15, 0.2) is 24.3 Å². The highest BCUT2D eigenvalue weighted by atomic mass is 16.5. The van der Waals surface area contributed by atoms with Crippen LogP contribution >= 0.6 is 0 Å². The molecule has 0 aromatic heterocycles. The van der Waals surface area contributed by atoms with Crippen LogP contribution in [-0.4, -0.2) is 17.7 Å². The van der Waals surface area contributed by atoms with Crippen LogP contribution in [0.5, 0.6) is 5.75 Å². The molecule has 2 saturated carbocycles. The van der Waals surface area contributed by atoms with E-state index in [-0.39, 0.29) is 0 Å². The highest BCUT2D eigenvalue weighted by molar-refractivity contribution is 5.83. The Hall–Kier alpha value is -1.51. The summed E-state index contributed by atoms with van der Waals surface area (Å²) < 4.78 is 5.41. The second kappa shape index (κ2) is 4.26. The zero-order chi connectivity index (χ0) is 13.5. The van der Waals surface area contributed by atoms with Crippen molar-refractivity contribution in [2.24, 2.45) is 5.41 Å². The van der Waals surface area contributed by atoms with Crippen molar-refractivity contribution in [2.75, 3.05) is 6.61 Å². The van der Waals surface area contributed by atoms with E-state index in [1.807, 2.05) is 31.2 Å². The Morgan fingerprint density at radius 2 is 1.89 bits per heavy atom. The fourth-order valence-corrected chi connectivity index (χ4v) is 3.77. The van der Waals surface area contributed by atoms with E-state index in [0.717, 1.165) is 24.2 Å². The second-order valence-electron chi connectivity index (χ2n) is 6.05. The number of benzene rings is 1. The van der Waals surface area contributed by atoms with Gasteiger partial charge in [0, 0.05) is 0 Å². The summed E-state index contributed by atoms with van der Waals surface area (Å²) in [6.07, 6.45) is 5.30. The summed E-state index contributed by atoms with van der Waals surface area (Å²) in [5.74, 6) is 0.138. The summed E-state index contributed by atoms with van der Waals surface area (Å²) in [6.45, 7) is 2.57. The summed E-state index contributed by atoms with van der Waals surface area (Å²) in [4.78, 5) is 11.7. The van der Waals surface area contributed by atoms with E-state index in [9.17, 15) is 9.90 Å². The Morgan fingerprint density at radius 3 is 2.32 bits per heavy atom. The van der Waals surface area contributed by atoms with Gasteiger partial charge in [0.1, 0.15) is 5.75 Å². The maximum atomic E-state index is 11.7. The van der Waals surface area contributed by atoms with Crippen molar-refractivity contribution in [1.82, 2.24) is 0 Å². The lowest BCUT2D eigenvalue weighted by molar-refractivity contribution is -0.160. The van der Waals surface area contributed by atoms with Crippen molar-refractivity contribution in [3.63, 3.8) is 0 Å². The first kappa shape index (κ1) is 12.5. The Labute approximate surface area is 113 Å². The molecule has 2 aliphatic rings. The highest BCUT2D eigenvalue weighted by Gasteiger charge is 2.61. The standard InChI is InChI=1S/C16H20O3/c1-2-19-13-6-4-12(5-7-13)16(14(17)18)10-15(11-16)8-3-9-15/h4-7H,2-3,8-11H2,1H3,(H,17,18). The molecule has 2 aliphatic carbocycles. The fourth-order valence-electron chi connectivity index (χ4n) is 3.77. The maximum Gasteiger partial charge on any atom is 0.314 e. The molecule has 3 heteroatoms. The number of carboxylic acids is 1. The molecule has 0 radical (unpaired) electrons. The number of aliphatic carboxylic acids is 1. The van der Waals surface area contributed by atoms with Crippen molar-refractivity contribution in [3.8, 4) is 5.75 Å². The first-order chi connectivity index (χ1) is 9.10. The molecule has 0 amide bonds. The van der Waals surface area contributed by atoms with Crippen molar-refractivity contribution in [3.05, 3.63) is 29.8 Å². The van der Waals surface area contributed by atoms with Gasteiger partial charge in [0.15, 0.2) is 0 Å². The van der Waals surface area contributed by atoms with Gasteiger partial charge in [0.2, 0.25) is 0 Å². The van der Waals surface area contributed by atoms with Crippen LogP contribution in [0.1, 0.15) is 44.6 Å². The third-order valence-corrected chi connectivity index (χ3v) is 4.90. The van der Waals surface area contributed by atoms with Crippen LogP contribution in [0.2, 0.25) is 0 Å². The molecule has 0 unspecified atom stereocenters. The summed E-state index contributed by atoms with van der Waals surface area (Å²) in [7, 11) is 0. The monoisotopic (exact) mass is 260 g/mol. The van der Waals surface area contributed by atoms with E-state index >= 15 is 0 Å². The lowest BCUT2D eigenvalue weighted by atomic mass is 9.44. The molecule has 0 heterocycles. The van der Waals surface area contributed by atoms with Crippen LogP contribution in [0.25, 0.3) is 0 Å². The molecular weight excluding hydrogens is 240 g/mol. The van der Waals surface area contributed by atoms with Crippen LogP contribution in [0.4, 0.5) is 0 Å². The Bertz CT molecular complexity index is 477. The minimum Gasteiger partial charge on any atom is -0.494 e. The molecule has 2 fully saturated rings. The molecular formula is C16H20O3. The van der Waals surface area contributed by atoms with E-state index in [4.69, 9.17) is 4.74 Å². The van der Waals surface area contributed by atoms with Gasteiger partial charge in [-0.3, -0.25) is 4.79 Å². The van der Waals surface area contributed by atoms with Crippen molar-refractivity contribution < 1.29 is 14.6 Å². The number of rotatable bonds is 4. The molecule has 1 aromatic rings. The van der Waals surface area contributed by atoms with Gasteiger partial charge in [0.25, 0.3) is 0 Å². The second-order valence-corrected chi connectivity index (χ2v) is 6.05. The van der Waals surface area contributed by atoms with Gasteiger partial charge in [-0.2, -0.15) is 0 Å². The zero-order valence-corrected chi connectivity index (χ0v) is 11.3. The largest absolute Gasteiger partial charge is 0.494 e. The lowest BCUT2D eigenvalue weighted by Crippen LogP contribution is -2.57. The normalized spacial score (nSPS) is 22.4. The van der Waals surface area contributed by atoms with E-state index in [2.05, 4.69) is 0 Å². The van der Waals surface area contributed by atoms with Crippen LogP contribution in [0, 0.1) is 5.41 Å². The average Bonchev–Trinajstić information content (AvgIpc) is 2.28. The molecule has 0 bridgehead atoms. The van der Waals surface area contributed by atoms with Gasteiger partial charge in [-0.25, -0.2) is 0 Å². The van der Waals surface area contributed by atoms with E-state index in [0.29, 0.717) is 12.0 Å². The number of ether oxygens (including phenoxy) is 1. The Morgan fingerprint density at radius 1 is 1.26 bits per heavy atom. The summed E-state index contributed by atoms with van der Waals surface area (Å²) in [6, 6.07) is 7.61. The van der Waals surface area contributed by atoms with Crippen molar-refractivity contribution in [2.45, 2.75) is 44.4 Å². The van der Waals surface area contributed by atoms with E-state index in [1.165, 1.54) is 19.3 Å². The van der Waals surface area contributed by atoms with E-state index < -0.39 is 11.4 Å². The summed E-state index contributed by atoms with van der Waals surface area (Å²) in [5.41, 5.74) is 0.628. The lowest BCUT2D eigenvalue weighted by Gasteiger charge is -2.59. The summed E-state index contributed by atoms with van der Waals surface area (Å²) >= 11 is 0. The van der Waals surface area contributed by atoms with Crippen LogP contribution < -0.4 is 4.74 Å². The van der Waals surface area contributed by atoms with Gasteiger partial charge in [-0.05, 0) is 55.7 Å². The predicted molar refractivity (Wildman–Crippen MR) is 72.4 cm³/mol. The van der Waals surface area contributed by atoms with E-state index in [1.54, 1.807) is 0 Å². The van der Waals surface area contributed by atoms with Crippen LogP contribution in [0.3, 0.4) is 0 Å². The first-order valence-electron chi connectivity index (χ1n) is 7.07. The third kappa shape index (κ3) is 1.83. The van der Waals surface area contributed by atoms with Gasteiger partial charge in [-0.15, -0.1) is 0 Å². The molecule has 102 valence electrons. The smallest absolute Gasteiger partial charge is 0.314 e. The first-order valence-corrected chi connectivity index (χ1v) is 7.07. The number of hydrogen-bond donors (Lipinski definition) is 1. The van der Waals surface area contributed by atoms with Crippen molar-refractivity contribution >= 4 is 5.97 Å². The highest BCUT2D eigenvalue weighted by Crippen LogP contribution is 2.65. The molecule has 1 spiro atoms. The fraction of sp³-hybridized carbons (Fsp3) is 0.562. The number of carboxylic acid groups (broad SMARTS) is 1. The molecule has 3 nitrogen and oxygen atoms in total. The van der Waals surface area contributed by atoms with Gasteiger partial charge < -0.3 is 9.84 Å². The minimum absolute atomic E-state index is 0.344. The molecule has 0 aliphatic heterocycles. The van der Waals surface area contributed by atoms with Crippen LogP contribution in [-0.2, 0) is 10.2 Å². The minimum atomic E-state index is -0.672. The maximum absolute atomic E-state index is 11.7. The quantitative estimate of drug-likeness (QED) is 0.902.